The molecule has 156 valence electrons. The molecule has 0 radical (unpaired) electrons. The molecule has 0 saturated carbocycles. The van der Waals surface area contributed by atoms with E-state index in [1.807, 2.05) is 24.3 Å². The predicted octanol–water partition coefficient (Wildman–Crippen LogP) is 3.87. The topological polar surface area (TPSA) is 97.7 Å². The molecule has 0 amide bonds. The molecule has 0 unspecified atom stereocenters. The summed E-state index contributed by atoms with van der Waals surface area (Å²) in [6, 6.07) is 11.0. The van der Waals surface area contributed by atoms with Crippen molar-refractivity contribution in [2.75, 3.05) is 20.2 Å². The summed E-state index contributed by atoms with van der Waals surface area (Å²) in [5.74, 6) is 2.46. The molecule has 29 heavy (non-hydrogen) atoms. The first kappa shape index (κ1) is 23.2. The van der Waals surface area contributed by atoms with Crippen molar-refractivity contribution in [2.45, 2.75) is 19.6 Å². The van der Waals surface area contributed by atoms with E-state index in [4.69, 9.17) is 25.3 Å². The average molecular weight is 532 g/mol. The van der Waals surface area contributed by atoms with Crippen molar-refractivity contribution in [1.29, 1.82) is 0 Å². The number of rotatable bonds is 9. The molecule has 0 spiro atoms. The standard InChI is InChI=1S/C19H22ClN5O3.HI/c1-21-19(22-9-3-10-26-13-16-4-2-11-27-16)23-12-17-24-18(25-28-17)14-5-7-15(20)8-6-14;/h2,4-8,11H,3,9-10,12-13H2,1H3,(H2,21,22,23);1H. The summed E-state index contributed by atoms with van der Waals surface area (Å²) in [4.78, 5) is 8.54. The van der Waals surface area contributed by atoms with Crippen LogP contribution in [-0.2, 0) is 17.9 Å². The molecule has 2 aromatic heterocycles. The SMILES string of the molecule is CN=C(NCCCOCc1ccco1)NCc1nc(-c2ccc(Cl)cc2)no1.I. The Morgan fingerprint density at radius 1 is 1.21 bits per heavy atom. The molecule has 3 aromatic rings. The van der Waals surface area contributed by atoms with E-state index in [9.17, 15) is 0 Å². The van der Waals surface area contributed by atoms with Crippen molar-refractivity contribution in [1.82, 2.24) is 20.8 Å². The van der Waals surface area contributed by atoms with E-state index < -0.39 is 0 Å². The number of halogens is 2. The summed E-state index contributed by atoms with van der Waals surface area (Å²) in [5.41, 5.74) is 0.844. The Balaban J connectivity index is 0.00000300. The predicted molar refractivity (Wildman–Crippen MR) is 121 cm³/mol. The maximum atomic E-state index is 5.89. The number of aliphatic imine (C=N–C) groups is 1. The van der Waals surface area contributed by atoms with E-state index in [1.165, 1.54) is 0 Å². The highest BCUT2D eigenvalue weighted by Gasteiger charge is 2.09. The first-order valence-corrected chi connectivity index (χ1v) is 9.25. The van der Waals surface area contributed by atoms with Gasteiger partial charge in [-0.25, -0.2) is 0 Å². The van der Waals surface area contributed by atoms with Gasteiger partial charge in [0.25, 0.3) is 0 Å². The number of furan rings is 1. The smallest absolute Gasteiger partial charge is 0.246 e. The summed E-state index contributed by atoms with van der Waals surface area (Å²) in [5, 5.41) is 11.0. The maximum Gasteiger partial charge on any atom is 0.246 e. The fraction of sp³-hybridized carbons (Fsp3) is 0.316. The Morgan fingerprint density at radius 2 is 2.03 bits per heavy atom. The van der Waals surface area contributed by atoms with E-state index in [0.29, 0.717) is 42.5 Å². The second-order valence-electron chi connectivity index (χ2n) is 5.86. The molecule has 0 aliphatic rings. The van der Waals surface area contributed by atoms with Gasteiger partial charge in [-0.15, -0.1) is 24.0 Å². The van der Waals surface area contributed by atoms with E-state index >= 15 is 0 Å². The summed E-state index contributed by atoms with van der Waals surface area (Å²) in [6.07, 6.45) is 2.47. The first-order chi connectivity index (χ1) is 13.7. The van der Waals surface area contributed by atoms with Crippen LogP contribution in [0.15, 0.2) is 56.6 Å². The van der Waals surface area contributed by atoms with Crippen LogP contribution in [0.3, 0.4) is 0 Å². The fourth-order valence-electron chi connectivity index (χ4n) is 2.37. The molecule has 2 N–H and O–H groups in total. The third-order valence-electron chi connectivity index (χ3n) is 3.78. The molecular formula is C19H23ClIN5O3. The van der Waals surface area contributed by atoms with Gasteiger partial charge < -0.3 is 24.3 Å². The van der Waals surface area contributed by atoms with Gasteiger partial charge in [-0.2, -0.15) is 4.98 Å². The van der Waals surface area contributed by atoms with Gasteiger partial charge in [0.05, 0.1) is 12.8 Å². The van der Waals surface area contributed by atoms with Crippen LogP contribution >= 0.6 is 35.6 Å². The third kappa shape index (κ3) is 7.67. The second-order valence-corrected chi connectivity index (χ2v) is 6.29. The molecule has 8 nitrogen and oxygen atoms in total. The number of benzene rings is 1. The van der Waals surface area contributed by atoms with Crippen LogP contribution in [0.2, 0.25) is 5.02 Å². The highest BCUT2D eigenvalue weighted by molar-refractivity contribution is 14.0. The number of hydrogen-bond acceptors (Lipinski definition) is 6. The number of guanidine groups is 1. The van der Waals surface area contributed by atoms with E-state index in [1.54, 1.807) is 25.4 Å². The largest absolute Gasteiger partial charge is 0.467 e. The van der Waals surface area contributed by atoms with E-state index in [0.717, 1.165) is 24.3 Å². The lowest BCUT2D eigenvalue weighted by atomic mass is 10.2. The summed E-state index contributed by atoms with van der Waals surface area (Å²) in [6.45, 7) is 2.19. The Morgan fingerprint density at radius 3 is 2.76 bits per heavy atom. The molecule has 0 aliphatic heterocycles. The van der Waals surface area contributed by atoms with Crippen LogP contribution in [0.5, 0.6) is 0 Å². The summed E-state index contributed by atoms with van der Waals surface area (Å²) < 4.78 is 16.0. The molecule has 0 bridgehead atoms. The van der Waals surface area contributed by atoms with Gasteiger partial charge >= 0.3 is 0 Å². The van der Waals surface area contributed by atoms with Crippen molar-refractivity contribution in [3.05, 3.63) is 59.3 Å². The van der Waals surface area contributed by atoms with E-state index in [-0.39, 0.29) is 24.0 Å². The van der Waals surface area contributed by atoms with Gasteiger partial charge in [0.15, 0.2) is 5.96 Å². The van der Waals surface area contributed by atoms with Crippen molar-refractivity contribution in [3.63, 3.8) is 0 Å². The van der Waals surface area contributed by atoms with Crippen LogP contribution in [-0.4, -0.2) is 36.3 Å². The number of nitrogens with zero attached hydrogens (tertiary/aromatic N) is 3. The van der Waals surface area contributed by atoms with Crippen molar-refractivity contribution in [3.8, 4) is 11.4 Å². The molecule has 0 aliphatic carbocycles. The molecule has 10 heteroatoms. The summed E-state index contributed by atoms with van der Waals surface area (Å²) in [7, 11) is 1.70. The fourth-order valence-corrected chi connectivity index (χ4v) is 2.50. The molecule has 2 heterocycles. The monoisotopic (exact) mass is 531 g/mol. The van der Waals surface area contributed by atoms with Gasteiger partial charge in [-0.05, 0) is 42.8 Å². The van der Waals surface area contributed by atoms with Crippen molar-refractivity contribution >= 4 is 41.5 Å². The van der Waals surface area contributed by atoms with E-state index in [2.05, 4.69) is 25.8 Å². The minimum atomic E-state index is 0. The van der Waals surface area contributed by atoms with Gasteiger partial charge in [0, 0.05) is 30.8 Å². The molecular weight excluding hydrogens is 509 g/mol. The van der Waals surface area contributed by atoms with Crippen LogP contribution in [0.1, 0.15) is 18.1 Å². The quantitative estimate of drug-likeness (QED) is 0.187. The van der Waals surface area contributed by atoms with Gasteiger partial charge in [-0.1, -0.05) is 16.8 Å². The Labute approximate surface area is 191 Å². The average Bonchev–Trinajstić information content (AvgIpc) is 3.39. The minimum Gasteiger partial charge on any atom is -0.467 e. The zero-order chi connectivity index (χ0) is 19.6. The number of ether oxygens (including phenoxy) is 1. The Kier molecular flexibility index (Phi) is 9.95. The van der Waals surface area contributed by atoms with Crippen LogP contribution in [0.4, 0.5) is 0 Å². The normalized spacial score (nSPS) is 11.2. The Hall–Kier alpha value is -2.11. The van der Waals surface area contributed by atoms with Gasteiger partial charge in [0.1, 0.15) is 12.4 Å². The van der Waals surface area contributed by atoms with Crippen molar-refractivity contribution in [2.24, 2.45) is 4.99 Å². The molecule has 0 atom stereocenters. The molecule has 1 aromatic carbocycles. The highest BCUT2D eigenvalue weighted by atomic mass is 127. The molecule has 0 saturated heterocycles. The highest BCUT2D eigenvalue weighted by Crippen LogP contribution is 2.18. The van der Waals surface area contributed by atoms with Crippen LogP contribution < -0.4 is 10.6 Å². The number of aromatic nitrogens is 2. The van der Waals surface area contributed by atoms with Gasteiger partial charge in [0.2, 0.25) is 11.7 Å². The third-order valence-corrected chi connectivity index (χ3v) is 4.04. The lowest BCUT2D eigenvalue weighted by molar-refractivity contribution is 0.105. The molecule has 3 rings (SSSR count). The first-order valence-electron chi connectivity index (χ1n) is 8.88. The van der Waals surface area contributed by atoms with Crippen LogP contribution in [0, 0.1) is 0 Å². The lowest BCUT2D eigenvalue weighted by Gasteiger charge is -2.10. The zero-order valence-electron chi connectivity index (χ0n) is 15.9. The minimum absolute atomic E-state index is 0. The second kappa shape index (κ2) is 12.5. The zero-order valence-corrected chi connectivity index (χ0v) is 19.0. The lowest BCUT2D eigenvalue weighted by Crippen LogP contribution is -2.37. The van der Waals surface area contributed by atoms with Gasteiger partial charge in [-0.3, -0.25) is 4.99 Å². The maximum absolute atomic E-state index is 5.89. The molecule has 0 fully saturated rings. The van der Waals surface area contributed by atoms with Crippen molar-refractivity contribution < 1.29 is 13.7 Å². The Bertz CT molecular complexity index is 868. The summed E-state index contributed by atoms with van der Waals surface area (Å²) >= 11 is 5.89. The number of hydrogen-bond donors (Lipinski definition) is 2. The number of nitrogens with one attached hydrogen (secondary N) is 2. The van der Waals surface area contributed by atoms with Crippen LogP contribution in [0.25, 0.3) is 11.4 Å².